The Balaban J connectivity index is 2.68. The van der Waals surface area contributed by atoms with Gasteiger partial charge in [0, 0.05) is 6.42 Å². The lowest BCUT2D eigenvalue weighted by Crippen LogP contribution is -2.48. The van der Waals surface area contributed by atoms with Crippen LogP contribution in [0, 0.1) is 0 Å². The van der Waals surface area contributed by atoms with Crippen molar-refractivity contribution in [3.8, 4) is 0 Å². The van der Waals surface area contributed by atoms with Gasteiger partial charge >= 0.3 is 5.97 Å². The van der Waals surface area contributed by atoms with Crippen LogP contribution in [0.15, 0.2) is 30.3 Å². The number of hydrogen-bond donors (Lipinski definition) is 3. The van der Waals surface area contributed by atoms with Crippen LogP contribution in [0.2, 0.25) is 0 Å². The summed E-state index contributed by atoms with van der Waals surface area (Å²) in [6.07, 6.45) is 0.0257. The van der Waals surface area contributed by atoms with Gasteiger partial charge in [-0.15, -0.1) is 0 Å². The molecule has 0 fully saturated rings. The predicted octanol–water partition coefficient (Wildman–Crippen LogP) is -0.260. The number of carbonyl (C=O) groups excluding carboxylic acids is 3. The zero-order valence-electron chi connectivity index (χ0n) is 13.4. The van der Waals surface area contributed by atoms with Gasteiger partial charge in [-0.2, -0.15) is 0 Å². The van der Waals surface area contributed by atoms with Crippen molar-refractivity contribution >= 4 is 17.8 Å². The van der Waals surface area contributed by atoms with Crippen molar-refractivity contribution in [2.45, 2.75) is 32.4 Å². The van der Waals surface area contributed by atoms with Gasteiger partial charge in [-0.3, -0.25) is 9.59 Å². The highest BCUT2D eigenvalue weighted by Gasteiger charge is 2.23. The predicted molar refractivity (Wildman–Crippen MR) is 85.4 cm³/mol. The maximum absolute atomic E-state index is 12.1. The fourth-order valence-corrected chi connectivity index (χ4v) is 1.85. The first-order valence-corrected chi connectivity index (χ1v) is 7.43. The van der Waals surface area contributed by atoms with E-state index >= 15 is 0 Å². The summed E-state index contributed by atoms with van der Waals surface area (Å²) in [5.41, 5.74) is 6.04. The molecule has 7 nitrogen and oxygen atoms in total. The molecule has 4 N–H and O–H groups in total. The normalized spacial score (nSPS) is 11.7. The molecular formula is C16H23N3O4. The maximum Gasteiger partial charge on any atom is 0.329 e. The Kier molecular flexibility index (Phi) is 7.76. The lowest BCUT2D eigenvalue weighted by atomic mass is 10.1. The molecule has 1 aromatic rings. The largest absolute Gasteiger partial charge is 0.461 e. The Morgan fingerprint density at radius 2 is 1.78 bits per heavy atom. The number of carbonyl (C=O) groups is 3. The number of hydrogen-bond acceptors (Lipinski definition) is 5. The van der Waals surface area contributed by atoms with E-state index in [1.54, 1.807) is 13.8 Å². The molecule has 0 aliphatic heterocycles. The summed E-state index contributed by atoms with van der Waals surface area (Å²) in [7, 11) is 0. The summed E-state index contributed by atoms with van der Waals surface area (Å²) in [5.74, 6) is -1.43. The van der Waals surface area contributed by atoms with Crippen LogP contribution in [0.4, 0.5) is 0 Å². The molecule has 1 rings (SSSR count). The molecule has 1 atom stereocenters. The van der Waals surface area contributed by atoms with Crippen LogP contribution in [0.25, 0.3) is 0 Å². The first kappa shape index (κ1) is 18.6. The molecule has 0 unspecified atom stereocenters. The van der Waals surface area contributed by atoms with Crippen LogP contribution in [-0.4, -0.2) is 43.0 Å². The third-order valence-corrected chi connectivity index (χ3v) is 2.89. The summed E-state index contributed by atoms with van der Waals surface area (Å²) in [5, 5.41) is 4.93. The fraction of sp³-hybridized carbons (Fsp3) is 0.438. The highest BCUT2D eigenvalue weighted by molar-refractivity contribution is 5.88. The summed E-state index contributed by atoms with van der Waals surface area (Å²) in [4.78, 5) is 35.1. The van der Waals surface area contributed by atoms with Crippen LogP contribution in [0.1, 0.15) is 19.4 Å². The van der Waals surface area contributed by atoms with Gasteiger partial charge < -0.3 is 21.1 Å². The van der Waals surface area contributed by atoms with Crippen molar-refractivity contribution in [3.05, 3.63) is 35.9 Å². The van der Waals surface area contributed by atoms with Crippen LogP contribution < -0.4 is 16.4 Å². The highest BCUT2D eigenvalue weighted by atomic mass is 16.5. The Morgan fingerprint density at radius 3 is 2.35 bits per heavy atom. The van der Waals surface area contributed by atoms with Gasteiger partial charge in [0.2, 0.25) is 11.8 Å². The van der Waals surface area contributed by atoms with E-state index < -0.39 is 23.8 Å². The molecule has 0 spiro atoms. The number of rotatable bonds is 8. The number of esters is 1. The topological polar surface area (TPSA) is 111 Å². The van der Waals surface area contributed by atoms with Crippen molar-refractivity contribution in [1.29, 1.82) is 0 Å². The lowest BCUT2D eigenvalue weighted by Gasteiger charge is -2.19. The van der Waals surface area contributed by atoms with Gasteiger partial charge in [0.15, 0.2) is 0 Å². The minimum Gasteiger partial charge on any atom is -0.461 e. The first-order valence-electron chi connectivity index (χ1n) is 7.43. The van der Waals surface area contributed by atoms with E-state index in [1.165, 1.54) is 0 Å². The number of nitrogens with one attached hydrogen (secondary N) is 2. The first-order chi connectivity index (χ1) is 10.9. The Morgan fingerprint density at radius 1 is 1.13 bits per heavy atom. The molecule has 0 heterocycles. The average molecular weight is 321 g/mol. The summed E-state index contributed by atoms with van der Waals surface area (Å²) < 4.78 is 5.17. The van der Waals surface area contributed by atoms with Gasteiger partial charge in [-0.05, 0) is 19.4 Å². The second kappa shape index (κ2) is 9.58. The number of benzene rings is 1. The van der Waals surface area contributed by atoms with Crippen molar-refractivity contribution in [2.75, 3.05) is 13.1 Å². The molecule has 0 bridgehead atoms. The van der Waals surface area contributed by atoms with Gasteiger partial charge in [-0.25, -0.2) is 4.79 Å². The van der Waals surface area contributed by atoms with Gasteiger partial charge in [0.05, 0.1) is 19.2 Å². The molecule has 1 aromatic carbocycles. The molecule has 0 saturated heterocycles. The van der Waals surface area contributed by atoms with E-state index in [0.717, 1.165) is 5.56 Å². The van der Waals surface area contributed by atoms with E-state index in [4.69, 9.17) is 10.5 Å². The quantitative estimate of drug-likeness (QED) is 0.571. The average Bonchev–Trinajstić information content (AvgIpc) is 2.52. The molecule has 0 aliphatic carbocycles. The van der Waals surface area contributed by atoms with Crippen molar-refractivity contribution in [2.24, 2.45) is 5.73 Å². The van der Waals surface area contributed by atoms with Crippen LogP contribution in [0.5, 0.6) is 0 Å². The molecule has 0 aromatic heterocycles. The highest BCUT2D eigenvalue weighted by Crippen LogP contribution is 2.06. The van der Waals surface area contributed by atoms with Gasteiger partial charge in [0.1, 0.15) is 6.04 Å². The molecule has 0 aliphatic rings. The van der Waals surface area contributed by atoms with E-state index in [0.29, 0.717) is 6.42 Å². The van der Waals surface area contributed by atoms with E-state index in [2.05, 4.69) is 10.6 Å². The SMILES string of the molecule is CC(C)OC(=O)[C@@H](Cc1ccccc1)NC(=O)CNC(=O)CN. The Bertz CT molecular complexity index is 531. The summed E-state index contributed by atoms with van der Waals surface area (Å²) >= 11 is 0. The summed E-state index contributed by atoms with van der Waals surface area (Å²) in [6, 6.07) is 8.47. The third-order valence-electron chi connectivity index (χ3n) is 2.89. The lowest BCUT2D eigenvalue weighted by molar-refractivity contribution is -0.151. The van der Waals surface area contributed by atoms with Crippen LogP contribution in [-0.2, 0) is 25.5 Å². The summed E-state index contributed by atoms with van der Waals surface area (Å²) in [6.45, 7) is 3.04. The molecular weight excluding hydrogens is 298 g/mol. The maximum atomic E-state index is 12.1. The molecule has 2 amide bonds. The number of ether oxygens (including phenoxy) is 1. The van der Waals surface area contributed by atoms with Crippen LogP contribution >= 0.6 is 0 Å². The second-order valence-corrected chi connectivity index (χ2v) is 5.28. The van der Waals surface area contributed by atoms with Gasteiger partial charge in [-0.1, -0.05) is 30.3 Å². The zero-order chi connectivity index (χ0) is 17.2. The minimum absolute atomic E-state index is 0.198. The van der Waals surface area contributed by atoms with Gasteiger partial charge in [0.25, 0.3) is 0 Å². The van der Waals surface area contributed by atoms with E-state index in [1.807, 2.05) is 30.3 Å². The number of amides is 2. The van der Waals surface area contributed by atoms with E-state index in [9.17, 15) is 14.4 Å². The molecule has 0 radical (unpaired) electrons. The Labute approximate surface area is 135 Å². The fourth-order valence-electron chi connectivity index (χ4n) is 1.85. The molecule has 126 valence electrons. The smallest absolute Gasteiger partial charge is 0.329 e. The molecule has 7 heteroatoms. The second-order valence-electron chi connectivity index (χ2n) is 5.28. The van der Waals surface area contributed by atoms with Crippen molar-refractivity contribution < 1.29 is 19.1 Å². The number of nitrogens with two attached hydrogens (primary N) is 1. The van der Waals surface area contributed by atoms with E-state index in [-0.39, 0.29) is 19.2 Å². The monoisotopic (exact) mass is 321 g/mol. The third kappa shape index (κ3) is 7.42. The minimum atomic E-state index is -0.818. The standard InChI is InChI=1S/C16H23N3O4/c1-11(2)23-16(22)13(8-12-6-4-3-5-7-12)19-15(21)10-18-14(20)9-17/h3-7,11,13H,8-10,17H2,1-2H3,(H,18,20)(H,19,21)/t13-/m1/s1. The van der Waals surface area contributed by atoms with Crippen molar-refractivity contribution in [3.63, 3.8) is 0 Å². The Hall–Kier alpha value is -2.41. The van der Waals surface area contributed by atoms with Crippen molar-refractivity contribution in [1.82, 2.24) is 10.6 Å². The molecule has 0 saturated carbocycles. The molecule has 23 heavy (non-hydrogen) atoms. The van der Waals surface area contributed by atoms with Crippen LogP contribution in [0.3, 0.4) is 0 Å². The zero-order valence-corrected chi connectivity index (χ0v) is 13.4.